The van der Waals surface area contributed by atoms with Crippen molar-refractivity contribution in [1.82, 2.24) is 20.2 Å². The van der Waals surface area contributed by atoms with Crippen LogP contribution in [0, 0.1) is 6.92 Å². The standard InChI is InChI=1S/C19H37N5O2/c1-4-6-14-25-16-17-26-15-11-23-19(20-5-2)22-9-7-8-12-24-13-10-21-18(24)3/h10,13H,4-9,11-12,14-17H2,1-3H3,(H2,20,22,23). The number of aliphatic imine (C=N–C) groups is 1. The van der Waals surface area contributed by atoms with E-state index in [1.54, 1.807) is 0 Å². The van der Waals surface area contributed by atoms with Gasteiger partial charge in [-0.15, -0.1) is 0 Å². The van der Waals surface area contributed by atoms with Gasteiger partial charge in [0.05, 0.1) is 19.8 Å². The smallest absolute Gasteiger partial charge is 0.191 e. The predicted octanol–water partition coefficient (Wildman–Crippen LogP) is 2.36. The normalized spacial score (nSPS) is 11.7. The third-order valence-electron chi connectivity index (χ3n) is 3.90. The molecule has 0 unspecified atom stereocenters. The summed E-state index contributed by atoms with van der Waals surface area (Å²) in [7, 11) is 0. The number of aromatic nitrogens is 2. The fraction of sp³-hybridized carbons (Fsp3) is 0.789. The van der Waals surface area contributed by atoms with E-state index in [-0.39, 0.29) is 0 Å². The fourth-order valence-corrected chi connectivity index (χ4v) is 2.38. The number of ether oxygens (including phenoxy) is 2. The molecule has 0 aliphatic heterocycles. The summed E-state index contributed by atoms with van der Waals surface area (Å²) < 4.78 is 13.2. The lowest BCUT2D eigenvalue weighted by molar-refractivity contribution is 0.0487. The molecule has 1 heterocycles. The molecule has 0 fully saturated rings. The zero-order valence-corrected chi connectivity index (χ0v) is 16.8. The van der Waals surface area contributed by atoms with Gasteiger partial charge >= 0.3 is 0 Å². The van der Waals surface area contributed by atoms with Crippen LogP contribution in [0.25, 0.3) is 0 Å². The van der Waals surface area contributed by atoms with Crippen LogP contribution in [0.5, 0.6) is 0 Å². The van der Waals surface area contributed by atoms with Gasteiger partial charge in [-0.25, -0.2) is 4.98 Å². The molecule has 7 nitrogen and oxygen atoms in total. The van der Waals surface area contributed by atoms with Crippen LogP contribution < -0.4 is 10.6 Å². The van der Waals surface area contributed by atoms with Crippen molar-refractivity contribution in [3.63, 3.8) is 0 Å². The predicted molar refractivity (Wildman–Crippen MR) is 107 cm³/mol. The Kier molecular flexibility index (Phi) is 13.5. The lowest BCUT2D eigenvalue weighted by Crippen LogP contribution is -2.39. The quantitative estimate of drug-likeness (QED) is 0.283. The maximum atomic E-state index is 5.56. The van der Waals surface area contributed by atoms with E-state index in [0.29, 0.717) is 19.8 Å². The molecule has 0 bridgehead atoms. The van der Waals surface area contributed by atoms with Gasteiger partial charge in [0.2, 0.25) is 0 Å². The molecule has 1 aromatic rings. The number of aryl methyl sites for hydroxylation is 2. The third kappa shape index (κ3) is 11.1. The average Bonchev–Trinajstić information content (AvgIpc) is 3.05. The van der Waals surface area contributed by atoms with Crippen LogP contribution in [-0.4, -0.2) is 61.6 Å². The molecule has 0 aromatic carbocycles. The minimum Gasteiger partial charge on any atom is -0.379 e. The molecule has 150 valence electrons. The molecule has 0 radical (unpaired) electrons. The van der Waals surface area contributed by atoms with Crippen LogP contribution in [-0.2, 0) is 16.0 Å². The Hall–Kier alpha value is -1.60. The highest BCUT2D eigenvalue weighted by molar-refractivity contribution is 5.79. The van der Waals surface area contributed by atoms with Gasteiger partial charge in [-0.3, -0.25) is 4.99 Å². The summed E-state index contributed by atoms with van der Waals surface area (Å²) in [5.41, 5.74) is 0. The summed E-state index contributed by atoms with van der Waals surface area (Å²) in [6.07, 6.45) is 8.31. The van der Waals surface area contributed by atoms with E-state index in [1.807, 2.05) is 19.3 Å². The molecule has 1 rings (SSSR count). The van der Waals surface area contributed by atoms with Gasteiger partial charge in [0.25, 0.3) is 0 Å². The number of unbranched alkanes of at least 4 members (excludes halogenated alkanes) is 2. The summed E-state index contributed by atoms with van der Waals surface area (Å²) in [4.78, 5) is 8.85. The Labute approximate surface area is 158 Å². The second-order valence-corrected chi connectivity index (χ2v) is 6.14. The number of rotatable bonds is 15. The van der Waals surface area contributed by atoms with E-state index in [9.17, 15) is 0 Å². The SMILES string of the molecule is CCCCOCCOCCNC(=NCCCCn1ccnc1C)NCC. The third-order valence-corrected chi connectivity index (χ3v) is 3.90. The second-order valence-electron chi connectivity index (χ2n) is 6.14. The topological polar surface area (TPSA) is 72.7 Å². The molecule has 0 saturated heterocycles. The Balaban J connectivity index is 2.06. The molecule has 7 heteroatoms. The number of nitrogens with one attached hydrogen (secondary N) is 2. The van der Waals surface area contributed by atoms with Gasteiger partial charge in [-0.05, 0) is 33.1 Å². The molecular weight excluding hydrogens is 330 g/mol. The fourth-order valence-electron chi connectivity index (χ4n) is 2.38. The zero-order valence-electron chi connectivity index (χ0n) is 16.8. The summed E-state index contributed by atoms with van der Waals surface area (Å²) in [6.45, 7) is 12.5. The van der Waals surface area contributed by atoms with Crippen LogP contribution in [0.15, 0.2) is 17.4 Å². The van der Waals surface area contributed by atoms with E-state index in [1.165, 1.54) is 6.42 Å². The molecular formula is C19H37N5O2. The van der Waals surface area contributed by atoms with Gasteiger partial charge in [-0.2, -0.15) is 0 Å². The minimum atomic E-state index is 0.646. The van der Waals surface area contributed by atoms with Gasteiger partial charge in [0, 0.05) is 45.2 Å². The Bertz CT molecular complexity index is 476. The van der Waals surface area contributed by atoms with Gasteiger partial charge < -0.3 is 24.7 Å². The molecule has 0 aliphatic carbocycles. The molecule has 0 spiro atoms. The largest absolute Gasteiger partial charge is 0.379 e. The Morgan fingerprint density at radius 2 is 1.88 bits per heavy atom. The van der Waals surface area contributed by atoms with E-state index in [4.69, 9.17) is 9.47 Å². The second kappa shape index (κ2) is 15.6. The van der Waals surface area contributed by atoms with E-state index < -0.39 is 0 Å². The molecule has 26 heavy (non-hydrogen) atoms. The van der Waals surface area contributed by atoms with Crippen molar-refractivity contribution >= 4 is 5.96 Å². The van der Waals surface area contributed by atoms with Crippen LogP contribution in [0.2, 0.25) is 0 Å². The average molecular weight is 368 g/mol. The van der Waals surface area contributed by atoms with Crippen molar-refractivity contribution in [3.8, 4) is 0 Å². The van der Waals surface area contributed by atoms with Crippen molar-refractivity contribution in [2.24, 2.45) is 4.99 Å². The summed E-state index contributed by atoms with van der Waals surface area (Å²) in [6, 6.07) is 0. The van der Waals surface area contributed by atoms with Crippen LogP contribution in [0.4, 0.5) is 0 Å². The maximum Gasteiger partial charge on any atom is 0.191 e. The minimum absolute atomic E-state index is 0.646. The highest BCUT2D eigenvalue weighted by atomic mass is 16.5. The van der Waals surface area contributed by atoms with E-state index in [2.05, 4.69) is 39.0 Å². The van der Waals surface area contributed by atoms with Crippen LogP contribution >= 0.6 is 0 Å². The number of imidazole rings is 1. The molecule has 0 amide bonds. The van der Waals surface area contributed by atoms with Gasteiger partial charge in [0.1, 0.15) is 5.82 Å². The van der Waals surface area contributed by atoms with E-state index >= 15 is 0 Å². The van der Waals surface area contributed by atoms with Crippen molar-refractivity contribution in [2.75, 3.05) is 46.1 Å². The van der Waals surface area contributed by atoms with Crippen LogP contribution in [0.1, 0.15) is 45.4 Å². The maximum absolute atomic E-state index is 5.56. The zero-order chi connectivity index (χ0) is 18.9. The summed E-state index contributed by atoms with van der Waals surface area (Å²) >= 11 is 0. The van der Waals surface area contributed by atoms with Crippen molar-refractivity contribution in [1.29, 1.82) is 0 Å². The number of hydrogen-bond acceptors (Lipinski definition) is 4. The van der Waals surface area contributed by atoms with Gasteiger partial charge in [-0.1, -0.05) is 13.3 Å². The molecule has 1 aromatic heterocycles. The first-order chi connectivity index (χ1) is 12.8. The molecule has 0 atom stereocenters. The lowest BCUT2D eigenvalue weighted by atomic mass is 10.3. The van der Waals surface area contributed by atoms with Crippen molar-refractivity contribution in [2.45, 2.75) is 53.0 Å². The number of nitrogens with zero attached hydrogens (tertiary/aromatic N) is 3. The first kappa shape index (κ1) is 22.4. The van der Waals surface area contributed by atoms with Crippen molar-refractivity contribution in [3.05, 3.63) is 18.2 Å². The first-order valence-corrected chi connectivity index (χ1v) is 9.93. The van der Waals surface area contributed by atoms with Gasteiger partial charge in [0.15, 0.2) is 5.96 Å². The first-order valence-electron chi connectivity index (χ1n) is 9.93. The highest BCUT2D eigenvalue weighted by Gasteiger charge is 1.98. The van der Waals surface area contributed by atoms with Crippen molar-refractivity contribution < 1.29 is 9.47 Å². The monoisotopic (exact) mass is 367 g/mol. The molecule has 2 N–H and O–H groups in total. The molecule has 0 saturated carbocycles. The number of hydrogen-bond donors (Lipinski definition) is 2. The Morgan fingerprint density at radius 3 is 2.58 bits per heavy atom. The molecule has 0 aliphatic rings. The Morgan fingerprint density at radius 1 is 1.08 bits per heavy atom. The summed E-state index contributed by atoms with van der Waals surface area (Å²) in [5, 5.41) is 6.57. The van der Waals surface area contributed by atoms with E-state index in [0.717, 1.165) is 63.8 Å². The summed E-state index contributed by atoms with van der Waals surface area (Å²) in [5.74, 6) is 1.92. The lowest BCUT2D eigenvalue weighted by Gasteiger charge is -2.12. The number of guanidine groups is 1. The van der Waals surface area contributed by atoms with Crippen LogP contribution in [0.3, 0.4) is 0 Å². The highest BCUT2D eigenvalue weighted by Crippen LogP contribution is 2.00.